The zero-order valence-electron chi connectivity index (χ0n) is 72.4. The molecule has 1 aliphatic heterocycles. The van der Waals surface area contributed by atoms with E-state index in [1.807, 2.05) is 127 Å². The Balaban J connectivity index is 0.804. The van der Waals surface area contributed by atoms with Gasteiger partial charge in [0, 0.05) is 100 Å². The maximum atomic E-state index is 6.84. The third-order valence-corrected chi connectivity index (χ3v) is 20.8. The third kappa shape index (κ3) is 23.8. The lowest BCUT2D eigenvalue weighted by molar-refractivity contribution is 0.308. The van der Waals surface area contributed by atoms with Crippen LogP contribution >= 0.6 is 0 Å². The van der Waals surface area contributed by atoms with Gasteiger partial charge < -0.3 is 13.7 Å². The van der Waals surface area contributed by atoms with Crippen LogP contribution in [-0.4, -0.2) is 21.4 Å². The van der Waals surface area contributed by atoms with Crippen LogP contribution in [0.2, 0.25) is 0 Å². The molecule has 0 atom stereocenters. The van der Waals surface area contributed by atoms with Crippen LogP contribution < -0.4 is 16.4 Å². The van der Waals surface area contributed by atoms with E-state index in [9.17, 15) is 0 Å². The smallest absolute Gasteiger partial charge is 0.445 e. The second kappa shape index (κ2) is 36.3. The Morgan fingerprint density at radius 2 is 0.242 bits per heavy atom. The van der Waals surface area contributed by atoms with Gasteiger partial charge in [0.2, 0.25) is 0 Å². The average molecular weight is 1550 g/mol. The average Bonchev–Trinajstić information content (AvgIpc) is 0.795. The Kier molecular flexibility index (Phi) is 25.6. The Bertz CT molecular complexity index is 5480. The first-order valence-corrected chi connectivity index (χ1v) is 41.1. The van der Waals surface area contributed by atoms with E-state index in [4.69, 9.17) is 13.7 Å². The molecular weight excluding hydrogens is 1450 g/mol. The third-order valence-electron chi connectivity index (χ3n) is 20.8. The van der Waals surface area contributed by atoms with Gasteiger partial charge in [-0.15, -0.1) is 0 Å². The normalized spacial score (nSPS) is 12.0. The number of hydrogen-bond donors (Lipinski definition) is 0. The SMILES string of the molecule is CC(C)(C)c1ccc(C#Cc2cc(C#Cc3ccc(B4OB(c5ccc(C#Cc6cc(C#Cc7ccc(C(C)(C)C)cc7)cc(C#Cc7ccc(C(C)(C)C)cc7)c6)cc5)OB(c5ccc(C#Cc6cc(C#Cc7ccc(C(C)(C)C)cc7)cc(C#Cc7ccc(C(C)(C)C)cc7)c6)cc5)O4)cc3)cc(C#Cc3ccc(C(C)(C)C)cc3)c2)cc1. The van der Waals surface area contributed by atoms with Crippen molar-refractivity contribution in [3.05, 3.63) is 407 Å². The highest BCUT2D eigenvalue weighted by Gasteiger charge is 2.43. The van der Waals surface area contributed by atoms with E-state index in [0.717, 1.165) is 117 Å². The van der Waals surface area contributed by atoms with Gasteiger partial charge in [0.25, 0.3) is 0 Å². The van der Waals surface area contributed by atoms with Crippen LogP contribution in [0.1, 0.15) is 258 Å². The van der Waals surface area contributed by atoms with Crippen molar-refractivity contribution in [3.63, 3.8) is 0 Å². The highest BCUT2D eigenvalue weighted by atomic mass is 16.7. The van der Waals surface area contributed by atoms with Gasteiger partial charge in [0.15, 0.2) is 0 Å². The van der Waals surface area contributed by atoms with E-state index in [-0.39, 0.29) is 32.5 Å². The largest absolute Gasteiger partial charge is 0.467 e. The van der Waals surface area contributed by atoms with Crippen molar-refractivity contribution in [1.29, 1.82) is 0 Å². The lowest BCUT2D eigenvalue weighted by Crippen LogP contribution is -2.61. The maximum Gasteiger partial charge on any atom is 0.467 e. The van der Waals surface area contributed by atoms with E-state index >= 15 is 0 Å². The van der Waals surface area contributed by atoms with Crippen LogP contribution in [0.15, 0.2) is 273 Å². The number of benzene rings is 12. The summed E-state index contributed by atoms with van der Waals surface area (Å²) < 4.78 is 20.5. The van der Waals surface area contributed by atoms with Crippen LogP contribution in [0.3, 0.4) is 0 Å². The van der Waals surface area contributed by atoms with Gasteiger partial charge in [-0.3, -0.25) is 0 Å². The minimum atomic E-state index is -0.850. The second-order valence-electron chi connectivity index (χ2n) is 36.9. The van der Waals surface area contributed by atoms with Gasteiger partial charge in [-0.25, -0.2) is 0 Å². The van der Waals surface area contributed by atoms with Gasteiger partial charge in [-0.2, -0.15) is 0 Å². The summed E-state index contributed by atoms with van der Waals surface area (Å²) >= 11 is 0. The van der Waals surface area contributed by atoms with E-state index in [2.05, 4.69) is 377 Å². The Morgan fingerprint density at radius 3 is 0.350 bits per heavy atom. The fourth-order valence-electron chi connectivity index (χ4n) is 13.2. The first kappa shape index (κ1) is 84.7. The predicted octanol–water partition coefficient (Wildman–Crippen LogP) is 21.6. The minimum absolute atomic E-state index is 0.0372. The van der Waals surface area contributed by atoms with Crippen LogP contribution in [0, 0.1) is 107 Å². The van der Waals surface area contributed by atoms with Gasteiger partial charge in [-0.1, -0.05) is 340 Å². The number of hydrogen-bond acceptors (Lipinski definition) is 3. The lowest BCUT2D eigenvalue weighted by atomic mass is 9.61. The van der Waals surface area contributed by atoms with Crippen LogP contribution in [0.4, 0.5) is 0 Å². The summed E-state index contributed by atoms with van der Waals surface area (Å²) in [5, 5.41) is 0. The summed E-state index contributed by atoms with van der Waals surface area (Å²) in [6, 6.07) is 93.1. The minimum Gasteiger partial charge on any atom is -0.445 e. The molecule has 1 fully saturated rings. The molecule has 6 heteroatoms. The van der Waals surface area contributed by atoms with Crippen LogP contribution in [0.25, 0.3) is 0 Å². The summed E-state index contributed by atoms with van der Waals surface area (Å²) in [4.78, 5) is 0. The van der Waals surface area contributed by atoms with Gasteiger partial charge in [0.1, 0.15) is 0 Å². The van der Waals surface area contributed by atoms with E-state index in [1.54, 1.807) is 0 Å². The fraction of sp³-hybridized carbons (Fsp3) is 0.211. The van der Waals surface area contributed by atoms with Crippen molar-refractivity contribution < 1.29 is 13.7 Å². The van der Waals surface area contributed by atoms with Gasteiger partial charge in [0.05, 0.1) is 0 Å². The molecule has 120 heavy (non-hydrogen) atoms. The van der Waals surface area contributed by atoms with E-state index in [0.29, 0.717) is 0 Å². The highest BCUT2D eigenvalue weighted by molar-refractivity contribution is 6.87. The molecule has 582 valence electrons. The molecule has 1 saturated heterocycles. The van der Waals surface area contributed by atoms with Gasteiger partial charge >= 0.3 is 21.4 Å². The molecule has 13 rings (SSSR count). The summed E-state index contributed by atoms with van der Waals surface area (Å²) in [5.41, 5.74) is 25.4. The van der Waals surface area contributed by atoms with Crippen molar-refractivity contribution in [2.45, 2.75) is 157 Å². The monoisotopic (exact) mass is 1550 g/mol. The van der Waals surface area contributed by atoms with Crippen molar-refractivity contribution in [1.82, 2.24) is 0 Å². The first-order chi connectivity index (χ1) is 57.1. The van der Waals surface area contributed by atoms with Crippen molar-refractivity contribution in [3.8, 4) is 107 Å². The molecule has 0 aliphatic carbocycles. The highest BCUT2D eigenvalue weighted by Crippen LogP contribution is 2.29. The molecule has 12 aromatic rings. The predicted molar refractivity (Wildman–Crippen MR) is 503 cm³/mol. The van der Waals surface area contributed by atoms with Crippen LogP contribution in [-0.2, 0) is 46.2 Å². The summed E-state index contributed by atoms with van der Waals surface area (Å²) in [5.74, 6) is 61.6. The molecule has 0 amide bonds. The summed E-state index contributed by atoms with van der Waals surface area (Å²) in [6.45, 7) is 39.9. The maximum absolute atomic E-state index is 6.84. The Hall–Kier alpha value is -13.2. The molecule has 0 N–H and O–H groups in total. The molecule has 12 aromatic carbocycles. The van der Waals surface area contributed by atoms with E-state index in [1.165, 1.54) is 33.4 Å². The fourth-order valence-corrected chi connectivity index (χ4v) is 13.2. The Morgan fingerprint density at radius 1 is 0.142 bits per heavy atom. The summed E-state index contributed by atoms with van der Waals surface area (Å²) in [6.07, 6.45) is 0. The van der Waals surface area contributed by atoms with Crippen LogP contribution in [0.5, 0.6) is 0 Å². The van der Waals surface area contributed by atoms with Crippen molar-refractivity contribution in [2.75, 3.05) is 0 Å². The molecule has 0 unspecified atom stereocenters. The Labute approximate surface area is 716 Å². The molecular formula is C114H99B3O3. The molecule has 0 radical (unpaired) electrons. The zero-order chi connectivity index (χ0) is 85.0. The number of rotatable bonds is 3. The lowest BCUT2D eigenvalue weighted by Gasteiger charge is -2.31. The topological polar surface area (TPSA) is 27.7 Å². The molecule has 1 heterocycles. The quantitative estimate of drug-likeness (QED) is 0.130. The summed E-state index contributed by atoms with van der Waals surface area (Å²) in [7, 11) is -2.55. The second-order valence-corrected chi connectivity index (χ2v) is 36.9. The van der Waals surface area contributed by atoms with Crippen molar-refractivity contribution >= 4 is 37.7 Å². The standard InChI is InChI=1S/C114H99B3O3/c1-109(2,3)100-55-37-82(38-56-100)19-28-91-73-92(29-20-83-39-57-101(58-40-83)110(4,5)6)77-97(76-91)34-25-88-49-67-106(68-50-88)115-118-116(107-69-51-89(52-70-107)26-35-98-78-93(30-21-84-41-59-102(60-42-84)111(7,8)9)74-94(79-98)31-22-85-43-61-103(62-44-85)112(10,11)12)120-117(119-115)108-71-53-90(54-72-108)27-36-99-80-95(32-23-86-45-63-104(64-46-86)113(13,14)15)75-96(81-99)33-24-87-47-65-105(66-48-87)114(16,17)18/h37-81H,1-18H3. The molecule has 1 aliphatic rings. The first-order valence-electron chi connectivity index (χ1n) is 41.1. The molecule has 0 saturated carbocycles. The zero-order valence-corrected chi connectivity index (χ0v) is 72.4. The molecule has 0 aromatic heterocycles. The van der Waals surface area contributed by atoms with Crippen molar-refractivity contribution in [2.24, 2.45) is 0 Å². The molecule has 0 bridgehead atoms. The van der Waals surface area contributed by atoms with Gasteiger partial charge in [-0.05, 0) is 246 Å². The molecule has 3 nitrogen and oxygen atoms in total. The van der Waals surface area contributed by atoms with E-state index < -0.39 is 21.4 Å². The molecule has 0 spiro atoms.